The van der Waals surface area contributed by atoms with Gasteiger partial charge in [0.25, 0.3) is 5.69 Å². The van der Waals surface area contributed by atoms with Gasteiger partial charge in [0, 0.05) is 17.3 Å². The van der Waals surface area contributed by atoms with Gasteiger partial charge in [-0.2, -0.15) is 0 Å². The van der Waals surface area contributed by atoms with Gasteiger partial charge in [-0.15, -0.1) is 0 Å². The molecule has 22 heavy (non-hydrogen) atoms. The van der Waals surface area contributed by atoms with E-state index in [1.807, 2.05) is 0 Å². The van der Waals surface area contributed by atoms with Crippen LogP contribution in [0.2, 0.25) is 0 Å². The van der Waals surface area contributed by atoms with Crippen molar-refractivity contribution < 1.29 is 14.1 Å². The van der Waals surface area contributed by atoms with Crippen LogP contribution in [0.3, 0.4) is 0 Å². The maximum absolute atomic E-state index is 12.0. The largest absolute Gasteiger partial charge is 0.467 e. The van der Waals surface area contributed by atoms with Gasteiger partial charge in [0.15, 0.2) is 0 Å². The molecule has 1 heterocycles. The standard InChI is InChI=1S/C15H17N3O4/c1-10-8-12(5-6-14(10)18(20)21)17-11(2)15(19)16-9-13-4-3-7-22-13/h3-8,11,17H,9H2,1-2H3,(H,16,19). The molecule has 0 aliphatic heterocycles. The normalized spacial score (nSPS) is 11.7. The van der Waals surface area contributed by atoms with Crippen molar-refractivity contribution in [3.63, 3.8) is 0 Å². The number of benzene rings is 1. The summed E-state index contributed by atoms with van der Waals surface area (Å²) in [5.74, 6) is 0.485. The summed E-state index contributed by atoms with van der Waals surface area (Å²) in [4.78, 5) is 22.3. The third kappa shape index (κ3) is 3.85. The van der Waals surface area contributed by atoms with Crippen molar-refractivity contribution in [2.45, 2.75) is 26.4 Å². The Morgan fingerprint density at radius 1 is 1.41 bits per heavy atom. The van der Waals surface area contributed by atoms with Crippen molar-refractivity contribution in [3.05, 3.63) is 58.0 Å². The molecule has 1 aromatic heterocycles. The van der Waals surface area contributed by atoms with Crippen molar-refractivity contribution in [1.29, 1.82) is 0 Å². The Morgan fingerprint density at radius 2 is 2.18 bits per heavy atom. The van der Waals surface area contributed by atoms with Crippen LogP contribution in [0.15, 0.2) is 41.0 Å². The second-order valence-corrected chi connectivity index (χ2v) is 4.92. The number of nitro groups is 1. The maximum atomic E-state index is 12.0. The number of amides is 1. The molecule has 1 aromatic carbocycles. The SMILES string of the molecule is Cc1cc(NC(C)C(=O)NCc2ccco2)ccc1[N+](=O)[O-]. The minimum Gasteiger partial charge on any atom is -0.467 e. The fourth-order valence-corrected chi connectivity index (χ4v) is 2.01. The van der Waals surface area contributed by atoms with Gasteiger partial charge >= 0.3 is 0 Å². The highest BCUT2D eigenvalue weighted by molar-refractivity contribution is 5.84. The lowest BCUT2D eigenvalue weighted by atomic mass is 10.1. The van der Waals surface area contributed by atoms with Crippen LogP contribution >= 0.6 is 0 Å². The Hall–Kier alpha value is -2.83. The molecular formula is C15H17N3O4. The Morgan fingerprint density at radius 3 is 2.77 bits per heavy atom. The lowest BCUT2D eigenvalue weighted by Crippen LogP contribution is -2.37. The molecule has 0 saturated carbocycles. The van der Waals surface area contributed by atoms with E-state index in [0.29, 0.717) is 23.6 Å². The highest BCUT2D eigenvalue weighted by atomic mass is 16.6. The van der Waals surface area contributed by atoms with Gasteiger partial charge in [-0.25, -0.2) is 0 Å². The highest BCUT2D eigenvalue weighted by Crippen LogP contribution is 2.21. The van der Waals surface area contributed by atoms with E-state index in [2.05, 4.69) is 10.6 Å². The topological polar surface area (TPSA) is 97.4 Å². The smallest absolute Gasteiger partial charge is 0.272 e. The quantitative estimate of drug-likeness (QED) is 0.631. The van der Waals surface area contributed by atoms with Crippen LogP contribution in [-0.2, 0) is 11.3 Å². The number of nitrogens with one attached hydrogen (secondary N) is 2. The summed E-state index contributed by atoms with van der Waals surface area (Å²) in [6.45, 7) is 3.69. The molecule has 116 valence electrons. The van der Waals surface area contributed by atoms with Gasteiger partial charge in [-0.1, -0.05) is 0 Å². The van der Waals surface area contributed by atoms with Gasteiger partial charge in [-0.3, -0.25) is 14.9 Å². The molecule has 2 rings (SSSR count). The number of anilines is 1. The van der Waals surface area contributed by atoms with Crippen LogP contribution < -0.4 is 10.6 Å². The second-order valence-electron chi connectivity index (χ2n) is 4.92. The molecule has 2 aromatic rings. The molecule has 0 bridgehead atoms. The fraction of sp³-hybridized carbons (Fsp3) is 0.267. The minimum atomic E-state index is -0.476. The Labute approximate surface area is 127 Å². The molecule has 0 fully saturated rings. The molecule has 0 aliphatic carbocycles. The van der Waals surface area contributed by atoms with Gasteiger partial charge in [0.05, 0.1) is 17.7 Å². The summed E-state index contributed by atoms with van der Waals surface area (Å²) in [6.07, 6.45) is 1.54. The zero-order chi connectivity index (χ0) is 16.1. The number of nitrogens with zero attached hydrogens (tertiary/aromatic N) is 1. The number of hydrogen-bond donors (Lipinski definition) is 2. The average Bonchev–Trinajstić information content (AvgIpc) is 2.97. The summed E-state index contributed by atoms with van der Waals surface area (Å²) in [7, 11) is 0. The number of furan rings is 1. The lowest BCUT2D eigenvalue weighted by molar-refractivity contribution is -0.385. The first-order chi connectivity index (χ1) is 10.5. The van der Waals surface area contributed by atoms with Crippen molar-refractivity contribution in [2.75, 3.05) is 5.32 Å². The number of nitro benzene ring substituents is 1. The number of rotatable bonds is 6. The highest BCUT2D eigenvalue weighted by Gasteiger charge is 2.15. The van der Waals surface area contributed by atoms with Crippen LogP contribution in [0, 0.1) is 17.0 Å². The first-order valence-corrected chi connectivity index (χ1v) is 6.79. The number of carbonyl (C=O) groups is 1. The van der Waals surface area contributed by atoms with Crippen LogP contribution in [0.5, 0.6) is 0 Å². The molecule has 0 aliphatic rings. The van der Waals surface area contributed by atoms with E-state index in [1.54, 1.807) is 44.4 Å². The summed E-state index contributed by atoms with van der Waals surface area (Å²) in [5.41, 5.74) is 1.25. The molecule has 1 atom stereocenters. The summed E-state index contributed by atoms with van der Waals surface area (Å²) < 4.78 is 5.13. The van der Waals surface area contributed by atoms with Crippen molar-refractivity contribution in [3.8, 4) is 0 Å². The van der Waals surface area contributed by atoms with E-state index < -0.39 is 11.0 Å². The fourth-order valence-electron chi connectivity index (χ4n) is 2.01. The summed E-state index contributed by atoms with van der Waals surface area (Å²) in [6, 6.07) is 7.71. The third-order valence-corrected chi connectivity index (χ3v) is 3.19. The molecule has 1 unspecified atom stereocenters. The Bertz CT molecular complexity index is 667. The van der Waals surface area contributed by atoms with Crippen molar-refractivity contribution in [1.82, 2.24) is 5.32 Å². The Balaban J connectivity index is 1.93. The van der Waals surface area contributed by atoms with Crippen LogP contribution in [0.1, 0.15) is 18.2 Å². The van der Waals surface area contributed by atoms with Crippen LogP contribution in [-0.4, -0.2) is 16.9 Å². The number of aryl methyl sites for hydroxylation is 1. The Kier molecular flexibility index (Phi) is 4.77. The van der Waals surface area contributed by atoms with E-state index in [4.69, 9.17) is 4.42 Å². The first-order valence-electron chi connectivity index (χ1n) is 6.79. The molecule has 7 heteroatoms. The van der Waals surface area contributed by atoms with Gasteiger partial charge in [0.1, 0.15) is 11.8 Å². The van der Waals surface area contributed by atoms with Gasteiger partial charge in [0.2, 0.25) is 5.91 Å². The van der Waals surface area contributed by atoms with Gasteiger partial charge < -0.3 is 15.1 Å². The predicted molar refractivity (Wildman–Crippen MR) is 81.5 cm³/mol. The van der Waals surface area contributed by atoms with E-state index >= 15 is 0 Å². The zero-order valence-electron chi connectivity index (χ0n) is 12.3. The number of carbonyl (C=O) groups excluding carboxylic acids is 1. The van der Waals surface area contributed by atoms with Crippen molar-refractivity contribution in [2.24, 2.45) is 0 Å². The molecular weight excluding hydrogens is 286 g/mol. The van der Waals surface area contributed by atoms with E-state index in [-0.39, 0.29) is 11.6 Å². The molecule has 7 nitrogen and oxygen atoms in total. The lowest BCUT2D eigenvalue weighted by Gasteiger charge is -2.15. The molecule has 0 spiro atoms. The zero-order valence-corrected chi connectivity index (χ0v) is 12.3. The number of hydrogen-bond acceptors (Lipinski definition) is 5. The average molecular weight is 303 g/mol. The minimum absolute atomic E-state index is 0.0560. The van der Waals surface area contributed by atoms with Gasteiger partial charge in [-0.05, 0) is 38.1 Å². The predicted octanol–water partition coefficient (Wildman–Crippen LogP) is 2.61. The molecule has 2 N–H and O–H groups in total. The maximum Gasteiger partial charge on any atom is 0.272 e. The monoisotopic (exact) mass is 303 g/mol. The first kappa shape index (κ1) is 15.6. The molecule has 1 amide bonds. The van der Waals surface area contributed by atoms with Crippen molar-refractivity contribution >= 4 is 17.3 Å². The molecule has 0 saturated heterocycles. The van der Waals surface area contributed by atoms with E-state index in [1.165, 1.54) is 6.07 Å². The summed E-state index contributed by atoms with van der Waals surface area (Å²) >= 11 is 0. The third-order valence-electron chi connectivity index (χ3n) is 3.19. The summed E-state index contributed by atoms with van der Waals surface area (Å²) in [5, 5.41) is 16.5. The van der Waals surface area contributed by atoms with Crippen LogP contribution in [0.25, 0.3) is 0 Å². The van der Waals surface area contributed by atoms with Crippen LogP contribution in [0.4, 0.5) is 11.4 Å². The second kappa shape index (κ2) is 6.75. The van der Waals surface area contributed by atoms with E-state index in [9.17, 15) is 14.9 Å². The molecule has 0 radical (unpaired) electrons. The van der Waals surface area contributed by atoms with E-state index in [0.717, 1.165) is 0 Å².